The molecule has 0 aromatic rings. The van der Waals surface area contributed by atoms with Crippen molar-refractivity contribution in [2.24, 2.45) is 5.73 Å². The van der Waals surface area contributed by atoms with Gasteiger partial charge in [0.05, 0.1) is 6.61 Å². The van der Waals surface area contributed by atoms with Gasteiger partial charge in [-0.25, -0.2) is 0 Å². The molecule has 1 fully saturated rings. The lowest BCUT2D eigenvalue weighted by Gasteiger charge is -2.35. The van der Waals surface area contributed by atoms with E-state index in [1.807, 2.05) is 0 Å². The fraction of sp³-hybridized carbons (Fsp3) is 1.00. The third-order valence-electron chi connectivity index (χ3n) is 3.67. The number of methoxy groups -OCH3 is 1. The number of hydrogen-bond acceptors (Lipinski definition) is 3. The van der Waals surface area contributed by atoms with Crippen LogP contribution in [0, 0.1) is 0 Å². The molecule has 0 aliphatic carbocycles. The first-order valence-electron chi connectivity index (χ1n) is 6.74. The van der Waals surface area contributed by atoms with E-state index in [0.29, 0.717) is 12.1 Å². The summed E-state index contributed by atoms with van der Waals surface area (Å²) >= 11 is 0. The molecule has 0 saturated carbocycles. The van der Waals surface area contributed by atoms with Crippen molar-refractivity contribution < 1.29 is 4.74 Å². The molecule has 16 heavy (non-hydrogen) atoms. The molecule has 96 valence electrons. The zero-order chi connectivity index (χ0) is 11.8. The van der Waals surface area contributed by atoms with Gasteiger partial charge in [-0.15, -0.1) is 0 Å². The molecule has 1 saturated heterocycles. The van der Waals surface area contributed by atoms with Crippen LogP contribution in [0.4, 0.5) is 0 Å². The van der Waals surface area contributed by atoms with Crippen LogP contribution < -0.4 is 5.73 Å². The number of nitrogens with zero attached hydrogens (tertiary/aromatic N) is 1. The topological polar surface area (TPSA) is 38.5 Å². The highest BCUT2D eigenvalue weighted by Crippen LogP contribution is 2.21. The summed E-state index contributed by atoms with van der Waals surface area (Å²) in [5.41, 5.74) is 5.61. The first-order chi connectivity index (χ1) is 7.79. The van der Waals surface area contributed by atoms with E-state index in [0.717, 1.165) is 19.6 Å². The summed E-state index contributed by atoms with van der Waals surface area (Å²) in [6.45, 7) is 5.24. The second-order valence-corrected chi connectivity index (χ2v) is 4.98. The average Bonchev–Trinajstić information content (AvgIpc) is 2.49. The molecule has 1 aliphatic rings. The summed E-state index contributed by atoms with van der Waals surface area (Å²) in [7, 11) is 1.80. The molecule has 1 rings (SSSR count). The van der Waals surface area contributed by atoms with Gasteiger partial charge >= 0.3 is 0 Å². The molecule has 0 radical (unpaired) electrons. The maximum atomic E-state index is 5.61. The summed E-state index contributed by atoms with van der Waals surface area (Å²) in [4.78, 5) is 2.64. The van der Waals surface area contributed by atoms with E-state index in [1.54, 1.807) is 7.11 Å². The normalized spacial score (nSPS) is 25.3. The first-order valence-corrected chi connectivity index (χ1v) is 6.74. The van der Waals surface area contributed by atoms with Gasteiger partial charge in [-0.3, -0.25) is 4.90 Å². The van der Waals surface area contributed by atoms with Crippen molar-refractivity contribution in [1.82, 2.24) is 4.90 Å². The van der Waals surface area contributed by atoms with E-state index in [9.17, 15) is 0 Å². The van der Waals surface area contributed by atoms with Crippen LogP contribution in [0.5, 0.6) is 0 Å². The number of hydrogen-bond donors (Lipinski definition) is 1. The van der Waals surface area contributed by atoms with E-state index in [4.69, 9.17) is 10.5 Å². The summed E-state index contributed by atoms with van der Waals surface area (Å²) in [6, 6.07) is 1.28. The Morgan fingerprint density at radius 1 is 1.38 bits per heavy atom. The van der Waals surface area contributed by atoms with Gasteiger partial charge in [0, 0.05) is 19.2 Å². The maximum Gasteiger partial charge on any atom is 0.0618 e. The molecule has 2 unspecified atom stereocenters. The molecule has 0 aromatic heterocycles. The summed E-state index contributed by atoms with van der Waals surface area (Å²) in [5.74, 6) is 0. The van der Waals surface area contributed by atoms with Crippen LogP contribution in [0.1, 0.15) is 45.4 Å². The van der Waals surface area contributed by atoms with Gasteiger partial charge in [0.25, 0.3) is 0 Å². The number of rotatable bonds is 6. The monoisotopic (exact) mass is 228 g/mol. The molecular formula is C13H28N2O. The van der Waals surface area contributed by atoms with Gasteiger partial charge in [-0.2, -0.15) is 0 Å². The van der Waals surface area contributed by atoms with Gasteiger partial charge < -0.3 is 10.5 Å². The predicted molar refractivity (Wildman–Crippen MR) is 68.6 cm³/mol. The number of likely N-dealkylation sites (tertiary alicyclic amines) is 1. The molecule has 1 heterocycles. The van der Waals surface area contributed by atoms with Gasteiger partial charge in [0.15, 0.2) is 0 Å². The highest BCUT2D eigenvalue weighted by Gasteiger charge is 2.24. The molecule has 0 aromatic carbocycles. The van der Waals surface area contributed by atoms with Crippen molar-refractivity contribution in [2.75, 3.05) is 26.8 Å². The SMILES string of the molecule is COCC(CCCN)N1CCCCCC1C. The lowest BCUT2D eigenvalue weighted by atomic mass is 10.1. The molecular weight excluding hydrogens is 200 g/mol. The summed E-state index contributed by atoms with van der Waals surface area (Å²) in [5, 5.41) is 0. The zero-order valence-corrected chi connectivity index (χ0v) is 11.0. The van der Waals surface area contributed by atoms with Crippen molar-refractivity contribution in [2.45, 2.75) is 57.5 Å². The van der Waals surface area contributed by atoms with Gasteiger partial charge in [-0.05, 0) is 45.7 Å². The highest BCUT2D eigenvalue weighted by atomic mass is 16.5. The van der Waals surface area contributed by atoms with Crippen molar-refractivity contribution in [3.63, 3.8) is 0 Å². The fourth-order valence-corrected chi connectivity index (χ4v) is 2.73. The Labute approximate surface area is 100 Å². The Balaban J connectivity index is 2.51. The molecule has 1 aliphatic heterocycles. The van der Waals surface area contributed by atoms with Crippen molar-refractivity contribution in [1.29, 1.82) is 0 Å². The Morgan fingerprint density at radius 2 is 2.19 bits per heavy atom. The Kier molecular flexibility index (Phi) is 7.01. The van der Waals surface area contributed by atoms with Crippen LogP contribution in [0.15, 0.2) is 0 Å². The smallest absolute Gasteiger partial charge is 0.0618 e. The van der Waals surface area contributed by atoms with E-state index >= 15 is 0 Å². The number of nitrogens with two attached hydrogens (primary N) is 1. The van der Waals surface area contributed by atoms with Gasteiger partial charge in [0.1, 0.15) is 0 Å². The van der Waals surface area contributed by atoms with Gasteiger partial charge in [0.2, 0.25) is 0 Å². The zero-order valence-electron chi connectivity index (χ0n) is 11.0. The van der Waals surface area contributed by atoms with Gasteiger partial charge in [-0.1, -0.05) is 12.8 Å². The van der Waals surface area contributed by atoms with Crippen LogP contribution in [0.25, 0.3) is 0 Å². The van der Waals surface area contributed by atoms with Crippen LogP contribution in [0.2, 0.25) is 0 Å². The third kappa shape index (κ3) is 4.40. The maximum absolute atomic E-state index is 5.61. The van der Waals surface area contributed by atoms with Crippen LogP contribution in [-0.2, 0) is 4.74 Å². The van der Waals surface area contributed by atoms with Crippen LogP contribution in [0.3, 0.4) is 0 Å². The third-order valence-corrected chi connectivity index (χ3v) is 3.67. The lowest BCUT2D eigenvalue weighted by Crippen LogP contribution is -2.44. The Morgan fingerprint density at radius 3 is 2.88 bits per heavy atom. The lowest BCUT2D eigenvalue weighted by molar-refractivity contribution is 0.0615. The first kappa shape index (κ1) is 13.9. The largest absolute Gasteiger partial charge is 0.383 e. The quantitative estimate of drug-likeness (QED) is 0.756. The minimum Gasteiger partial charge on any atom is -0.383 e. The van der Waals surface area contributed by atoms with E-state index in [-0.39, 0.29) is 0 Å². The molecule has 3 heteroatoms. The van der Waals surface area contributed by atoms with Crippen molar-refractivity contribution in [3.8, 4) is 0 Å². The molecule has 0 amide bonds. The van der Waals surface area contributed by atoms with Crippen molar-refractivity contribution >= 4 is 0 Å². The standard InChI is InChI=1S/C13H28N2O/c1-12-7-4-3-5-10-15(12)13(11-16-2)8-6-9-14/h12-13H,3-11,14H2,1-2H3. The minimum absolute atomic E-state index is 0.571. The molecule has 2 atom stereocenters. The van der Waals surface area contributed by atoms with Crippen LogP contribution >= 0.6 is 0 Å². The van der Waals surface area contributed by atoms with E-state index < -0.39 is 0 Å². The molecule has 3 nitrogen and oxygen atoms in total. The second kappa shape index (κ2) is 8.04. The van der Waals surface area contributed by atoms with Crippen LogP contribution in [-0.4, -0.2) is 43.8 Å². The number of ether oxygens (including phenoxy) is 1. The fourth-order valence-electron chi connectivity index (χ4n) is 2.73. The highest BCUT2D eigenvalue weighted by molar-refractivity contribution is 4.79. The predicted octanol–water partition coefficient (Wildman–Crippen LogP) is 2.00. The Hall–Kier alpha value is -0.120. The van der Waals surface area contributed by atoms with E-state index in [1.165, 1.54) is 38.6 Å². The van der Waals surface area contributed by atoms with Crippen molar-refractivity contribution in [3.05, 3.63) is 0 Å². The van der Waals surface area contributed by atoms with E-state index in [2.05, 4.69) is 11.8 Å². The average molecular weight is 228 g/mol. The summed E-state index contributed by atoms with van der Waals surface area (Å²) < 4.78 is 5.36. The minimum atomic E-state index is 0.571. The Bertz CT molecular complexity index is 175. The molecule has 2 N–H and O–H groups in total. The summed E-state index contributed by atoms with van der Waals surface area (Å²) in [6.07, 6.45) is 7.73. The molecule has 0 bridgehead atoms. The second-order valence-electron chi connectivity index (χ2n) is 4.98. The molecule has 0 spiro atoms.